The number of amides is 2. The number of carboxylic acid groups (broad SMARTS) is 1. The lowest BCUT2D eigenvalue weighted by molar-refractivity contribution is 0.0686. The monoisotopic (exact) mass is 211 g/mol. The third-order valence-electron chi connectivity index (χ3n) is 2.10. The van der Waals surface area contributed by atoms with Gasteiger partial charge in [-0.15, -0.1) is 0 Å². The van der Waals surface area contributed by atoms with Gasteiger partial charge in [-0.2, -0.15) is 0 Å². The molecule has 0 atom stereocenters. The molecule has 82 valence electrons. The van der Waals surface area contributed by atoms with Crippen LogP contribution in [0.5, 0.6) is 0 Å². The molecule has 0 aliphatic rings. The standard InChI is InChI=1S/C9H13N3O3/c1-10-9(15)11-5-6-3-4-7(8(13)14)12(6)2/h3-4H,5H2,1-2H3,(H,13,14)(H2,10,11,15). The summed E-state index contributed by atoms with van der Waals surface area (Å²) in [6, 6.07) is 2.87. The number of rotatable bonds is 3. The van der Waals surface area contributed by atoms with Gasteiger partial charge in [-0.1, -0.05) is 0 Å². The molecule has 0 aliphatic carbocycles. The van der Waals surface area contributed by atoms with Crippen molar-refractivity contribution in [1.29, 1.82) is 0 Å². The average Bonchev–Trinajstić information content (AvgIpc) is 2.56. The number of carboxylic acids is 1. The molecule has 1 aromatic rings. The molecule has 6 nitrogen and oxygen atoms in total. The molecule has 0 saturated carbocycles. The molecule has 0 spiro atoms. The minimum absolute atomic E-state index is 0.198. The Morgan fingerprint density at radius 3 is 2.60 bits per heavy atom. The van der Waals surface area contributed by atoms with E-state index in [9.17, 15) is 9.59 Å². The number of nitrogens with zero attached hydrogens (tertiary/aromatic N) is 1. The van der Waals surface area contributed by atoms with Crippen molar-refractivity contribution in [3.05, 3.63) is 23.5 Å². The van der Waals surface area contributed by atoms with Crippen molar-refractivity contribution in [3.63, 3.8) is 0 Å². The van der Waals surface area contributed by atoms with Crippen LogP contribution < -0.4 is 10.6 Å². The first kappa shape index (κ1) is 11.1. The lowest BCUT2D eigenvalue weighted by Gasteiger charge is -2.06. The summed E-state index contributed by atoms with van der Waals surface area (Å²) in [5.74, 6) is -0.983. The quantitative estimate of drug-likeness (QED) is 0.665. The maximum absolute atomic E-state index is 10.9. The lowest BCUT2D eigenvalue weighted by atomic mass is 10.4. The molecule has 1 aromatic heterocycles. The largest absolute Gasteiger partial charge is 0.477 e. The molecule has 0 radical (unpaired) electrons. The average molecular weight is 211 g/mol. The third-order valence-corrected chi connectivity index (χ3v) is 2.10. The normalized spacial score (nSPS) is 9.73. The van der Waals surface area contributed by atoms with Gasteiger partial charge in [-0.25, -0.2) is 9.59 Å². The van der Waals surface area contributed by atoms with Crippen molar-refractivity contribution >= 4 is 12.0 Å². The molecule has 0 aliphatic heterocycles. The van der Waals surface area contributed by atoms with E-state index in [0.717, 1.165) is 5.69 Å². The van der Waals surface area contributed by atoms with Gasteiger partial charge >= 0.3 is 12.0 Å². The minimum atomic E-state index is -0.983. The van der Waals surface area contributed by atoms with E-state index in [4.69, 9.17) is 5.11 Å². The van der Waals surface area contributed by atoms with Gasteiger partial charge < -0.3 is 20.3 Å². The van der Waals surface area contributed by atoms with Crippen molar-refractivity contribution in [2.45, 2.75) is 6.54 Å². The van der Waals surface area contributed by atoms with E-state index < -0.39 is 5.97 Å². The fourth-order valence-electron chi connectivity index (χ4n) is 1.20. The van der Waals surface area contributed by atoms with Crippen LogP contribution in [-0.2, 0) is 13.6 Å². The van der Waals surface area contributed by atoms with E-state index in [1.54, 1.807) is 13.1 Å². The van der Waals surface area contributed by atoms with Gasteiger partial charge in [-0.05, 0) is 12.1 Å². The highest BCUT2D eigenvalue weighted by atomic mass is 16.4. The minimum Gasteiger partial charge on any atom is -0.477 e. The smallest absolute Gasteiger partial charge is 0.352 e. The maximum Gasteiger partial charge on any atom is 0.352 e. The van der Waals surface area contributed by atoms with Crippen LogP contribution in [0.1, 0.15) is 16.2 Å². The molecule has 1 heterocycles. The Labute approximate surface area is 86.9 Å². The van der Waals surface area contributed by atoms with Crippen LogP contribution in [0, 0.1) is 0 Å². The molecule has 6 heteroatoms. The topological polar surface area (TPSA) is 83.4 Å². The highest BCUT2D eigenvalue weighted by Gasteiger charge is 2.10. The van der Waals surface area contributed by atoms with E-state index in [1.165, 1.54) is 17.7 Å². The summed E-state index contributed by atoms with van der Waals surface area (Å²) in [6.45, 7) is 0.295. The molecule has 3 N–H and O–H groups in total. The molecule has 0 aromatic carbocycles. The van der Waals surface area contributed by atoms with Gasteiger partial charge in [0.25, 0.3) is 0 Å². The van der Waals surface area contributed by atoms with Crippen molar-refractivity contribution < 1.29 is 14.7 Å². The van der Waals surface area contributed by atoms with E-state index in [1.807, 2.05) is 0 Å². The zero-order valence-corrected chi connectivity index (χ0v) is 8.57. The maximum atomic E-state index is 10.9. The second-order valence-corrected chi connectivity index (χ2v) is 3.01. The predicted octanol–water partition coefficient (Wildman–Crippen LogP) is 0.152. The first-order chi connectivity index (χ1) is 7.06. The highest BCUT2D eigenvalue weighted by Crippen LogP contribution is 2.06. The molecule has 0 bridgehead atoms. The number of hydrogen-bond donors (Lipinski definition) is 3. The molecule has 1 rings (SSSR count). The Balaban J connectivity index is 2.71. The van der Waals surface area contributed by atoms with Crippen LogP contribution in [-0.4, -0.2) is 28.7 Å². The van der Waals surface area contributed by atoms with Crippen LogP contribution in [0.15, 0.2) is 12.1 Å². The molecule has 0 saturated heterocycles. The van der Waals surface area contributed by atoms with Gasteiger partial charge in [-0.3, -0.25) is 0 Å². The number of aromatic carboxylic acids is 1. The van der Waals surface area contributed by atoms with Crippen molar-refractivity contribution in [1.82, 2.24) is 15.2 Å². The molecular weight excluding hydrogens is 198 g/mol. The zero-order chi connectivity index (χ0) is 11.4. The number of aromatic nitrogens is 1. The van der Waals surface area contributed by atoms with Gasteiger partial charge in [0.2, 0.25) is 0 Å². The fraction of sp³-hybridized carbons (Fsp3) is 0.333. The van der Waals surface area contributed by atoms with Crippen molar-refractivity contribution in [2.24, 2.45) is 7.05 Å². The second kappa shape index (κ2) is 4.50. The zero-order valence-electron chi connectivity index (χ0n) is 8.57. The molecular formula is C9H13N3O3. The molecule has 0 unspecified atom stereocenters. The summed E-state index contributed by atoms with van der Waals surface area (Å²) < 4.78 is 1.53. The predicted molar refractivity (Wildman–Crippen MR) is 53.7 cm³/mol. The number of urea groups is 1. The van der Waals surface area contributed by atoms with Gasteiger partial charge in [0, 0.05) is 19.8 Å². The lowest BCUT2D eigenvalue weighted by Crippen LogP contribution is -2.32. The van der Waals surface area contributed by atoms with E-state index in [0.29, 0.717) is 6.54 Å². The number of carbonyl (C=O) groups excluding carboxylic acids is 1. The summed E-state index contributed by atoms with van der Waals surface area (Å²) >= 11 is 0. The van der Waals surface area contributed by atoms with E-state index in [-0.39, 0.29) is 11.7 Å². The molecule has 0 fully saturated rings. The van der Waals surface area contributed by atoms with Crippen LogP contribution in [0.2, 0.25) is 0 Å². The Bertz CT molecular complexity index is 384. The second-order valence-electron chi connectivity index (χ2n) is 3.01. The summed E-state index contributed by atoms with van der Waals surface area (Å²) in [5, 5.41) is 13.8. The Hall–Kier alpha value is -1.98. The van der Waals surface area contributed by atoms with Crippen LogP contribution >= 0.6 is 0 Å². The first-order valence-electron chi connectivity index (χ1n) is 4.39. The van der Waals surface area contributed by atoms with E-state index in [2.05, 4.69) is 10.6 Å². The molecule has 2 amide bonds. The Kier molecular flexibility index (Phi) is 3.33. The summed E-state index contributed by atoms with van der Waals surface area (Å²) in [7, 11) is 3.16. The first-order valence-corrected chi connectivity index (χ1v) is 4.39. The van der Waals surface area contributed by atoms with Crippen molar-refractivity contribution in [3.8, 4) is 0 Å². The molecule has 15 heavy (non-hydrogen) atoms. The van der Waals surface area contributed by atoms with Gasteiger partial charge in [0.1, 0.15) is 5.69 Å². The summed E-state index contributed by atoms with van der Waals surface area (Å²) in [5.41, 5.74) is 0.930. The fourth-order valence-corrected chi connectivity index (χ4v) is 1.20. The summed E-state index contributed by atoms with van der Waals surface area (Å²) in [4.78, 5) is 21.6. The van der Waals surface area contributed by atoms with Gasteiger partial charge in [0.15, 0.2) is 0 Å². The van der Waals surface area contributed by atoms with Crippen LogP contribution in [0.3, 0.4) is 0 Å². The van der Waals surface area contributed by atoms with Crippen molar-refractivity contribution in [2.75, 3.05) is 7.05 Å². The Morgan fingerprint density at radius 1 is 1.47 bits per heavy atom. The number of hydrogen-bond acceptors (Lipinski definition) is 2. The number of nitrogens with one attached hydrogen (secondary N) is 2. The van der Waals surface area contributed by atoms with Gasteiger partial charge in [0.05, 0.1) is 6.54 Å². The van der Waals surface area contributed by atoms with Crippen LogP contribution in [0.25, 0.3) is 0 Å². The SMILES string of the molecule is CNC(=O)NCc1ccc(C(=O)O)n1C. The Morgan fingerprint density at radius 2 is 2.13 bits per heavy atom. The highest BCUT2D eigenvalue weighted by molar-refractivity contribution is 5.86. The van der Waals surface area contributed by atoms with E-state index >= 15 is 0 Å². The third kappa shape index (κ3) is 2.49. The number of carbonyl (C=O) groups is 2. The van der Waals surface area contributed by atoms with Crippen LogP contribution in [0.4, 0.5) is 4.79 Å². The summed E-state index contributed by atoms with van der Waals surface area (Å²) in [6.07, 6.45) is 0.